The number of carbonyl (C=O) groups is 1. The van der Waals surface area contributed by atoms with Crippen molar-refractivity contribution in [1.29, 1.82) is 0 Å². The van der Waals surface area contributed by atoms with Crippen LogP contribution in [0.3, 0.4) is 0 Å². The second-order valence-electron chi connectivity index (χ2n) is 4.23. The Morgan fingerprint density at radius 3 is 2.76 bits per heavy atom. The summed E-state index contributed by atoms with van der Waals surface area (Å²) in [5.74, 6) is -0.642. The van der Waals surface area contributed by atoms with Crippen LogP contribution in [0.2, 0.25) is 0 Å². The average Bonchev–Trinajstić information content (AvgIpc) is 2.27. The minimum atomic E-state index is -0.389. The Morgan fingerprint density at radius 1 is 1.47 bits per heavy atom. The van der Waals surface area contributed by atoms with Crippen LogP contribution in [0.5, 0.6) is 0 Å². The number of hydrogen-bond donors (Lipinski definition) is 2. The molecule has 3 N–H and O–H groups in total. The molecule has 94 valence electrons. The van der Waals surface area contributed by atoms with Gasteiger partial charge in [0.2, 0.25) is 0 Å². The molecule has 0 bridgehead atoms. The second kappa shape index (κ2) is 6.35. The average molecular weight is 238 g/mol. The highest BCUT2D eigenvalue weighted by Gasteiger charge is 2.07. The van der Waals surface area contributed by atoms with E-state index in [9.17, 15) is 9.18 Å². The zero-order valence-corrected chi connectivity index (χ0v) is 10.3. The zero-order chi connectivity index (χ0) is 12.8. The number of halogens is 1. The molecular formula is C13H19FN2O. The first-order valence-corrected chi connectivity index (χ1v) is 5.84. The van der Waals surface area contributed by atoms with Crippen LogP contribution >= 0.6 is 0 Å². The van der Waals surface area contributed by atoms with Crippen molar-refractivity contribution in [2.24, 2.45) is 5.73 Å². The number of rotatable bonds is 5. The van der Waals surface area contributed by atoms with E-state index in [2.05, 4.69) is 5.32 Å². The Morgan fingerprint density at radius 2 is 2.18 bits per heavy atom. The van der Waals surface area contributed by atoms with Gasteiger partial charge in [0, 0.05) is 18.2 Å². The Balaban J connectivity index is 2.52. The van der Waals surface area contributed by atoms with Gasteiger partial charge in [0.25, 0.3) is 5.91 Å². The number of carbonyl (C=O) groups excluding carboxylic acids is 1. The molecule has 0 saturated carbocycles. The second-order valence-corrected chi connectivity index (χ2v) is 4.23. The van der Waals surface area contributed by atoms with Gasteiger partial charge < -0.3 is 11.1 Å². The van der Waals surface area contributed by atoms with E-state index in [4.69, 9.17) is 5.73 Å². The Bertz CT molecular complexity index is 373. The third kappa shape index (κ3) is 4.53. The van der Waals surface area contributed by atoms with Gasteiger partial charge in [-0.1, -0.05) is 6.92 Å². The number of hydrogen-bond acceptors (Lipinski definition) is 2. The molecule has 17 heavy (non-hydrogen) atoms. The topological polar surface area (TPSA) is 55.1 Å². The van der Waals surface area contributed by atoms with Crippen molar-refractivity contribution in [3.8, 4) is 0 Å². The lowest BCUT2D eigenvalue weighted by Crippen LogP contribution is -2.30. The van der Waals surface area contributed by atoms with Gasteiger partial charge in [-0.3, -0.25) is 4.79 Å². The zero-order valence-electron chi connectivity index (χ0n) is 10.3. The first-order valence-electron chi connectivity index (χ1n) is 5.84. The molecule has 1 aromatic carbocycles. The highest BCUT2D eigenvalue weighted by Crippen LogP contribution is 2.08. The van der Waals surface area contributed by atoms with Crippen molar-refractivity contribution in [2.75, 3.05) is 6.54 Å². The van der Waals surface area contributed by atoms with Crippen LogP contribution in [0.1, 0.15) is 35.7 Å². The summed E-state index contributed by atoms with van der Waals surface area (Å²) in [6, 6.07) is 4.40. The van der Waals surface area contributed by atoms with Crippen LogP contribution in [0.15, 0.2) is 18.2 Å². The summed E-state index contributed by atoms with van der Waals surface area (Å²) >= 11 is 0. The van der Waals surface area contributed by atoms with Crippen molar-refractivity contribution in [1.82, 2.24) is 5.32 Å². The quantitative estimate of drug-likeness (QED) is 0.824. The molecule has 0 spiro atoms. The van der Waals surface area contributed by atoms with Gasteiger partial charge in [0.1, 0.15) is 5.82 Å². The van der Waals surface area contributed by atoms with E-state index in [1.807, 2.05) is 6.92 Å². The van der Waals surface area contributed by atoms with Crippen LogP contribution in [0, 0.1) is 12.7 Å². The number of nitrogens with two attached hydrogens (primary N) is 1. The van der Waals surface area contributed by atoms with Gasteiger partial charge in [-0.05, 0) is 43.5 Å². The Kier molecular flexibility index (Phi) is 5.10. The third-order valence-corrected chi connectivity index (χ3v) is 2.63. The van der Waals surface area contributed by atoms with E-state index in [-0.39, 0.29) is 17.8 Å². The fourth-order valence-corrected chi connectivity index (χ4v) is 1.54. The summed E-state index contributed by atoms with van der Waals surface area (Å²) in [4.78, 5) is 11.7. The fourth-order valence-electron chi connectivity index (χ4n) is 1.54. The van der Waals surface area contributed by atoms with E-state index in [0.717, 1.165) is 18.4 Å². The molecule has 0 aromatic heterocycles. The van der Waals surface area contributed by atoms with Gasteiger partial charge in [-0.15, -0.1) is 0 Å². The van der Waals surface area contributed by atoms with Gasteiger partial charge in [-0.2, -0.15) is 0 Å². The van der Waals surface area contributed by atoms with E-state index < -0.39 is 0 Å². The molecule has 0 fully saturated rings. The van der Waals surface area contributed by atoms with Crippen molar-refractivity contribution >= 4 is 5.91 Å². The maximum atomic E-state index is 13.1. The van der Waals surface area contributed by atoms with Crippen LogP contribution in [-0.2, 0) is 0 Å². The third-order valence-electron chi connectivity index (χ3n) is 2.63. The van der Waals surface area contributed by atoms with Crippen LogP contribution in [-0.4, -0.2) is 18.5 Å². The van der Waals surface area contributed by atoms with Gasteiger partial charge in [-0.25, -0.2) is 4.39 Å². The summed E-state index contributed by atoms with van der Waals surface area (Å²) in [6.07, 6.45) is 1.62. The van der Waals surface area contributed by atoms with Gasteiger partial charge >= 0.3 is 0 Å². The highest BCUT2D eigenvalue weighted by molar-refractivity contribution is 5.94. The molecular weight excluding hydrogens is 219 g/mol. The van der Waals surface area contributed by atoms with Crippen LogP contribution < -0.4 is 11.1 Å². The minimum Gasteiger partial charge on any atom is -0.352 e. The molecule has 0 aliphatic heterocycles. The largest absolute Gasteiger partial charge is 0.352 e. The molecule has 4 heteroatoms. The number of nitrogens with one attached hydrogen (secondary N) is 1. The summed E-state index contributed by atoms with van der Waals surface area (Å²) < 4.78 is 13.1. The Labute approximate surface area is 101 Å². The van der Waals surface area contributed by atoms with E-state index in [1.165, 1.54) is 12.1 Å². The Hall–Kier alpha value is -1.42. The molecule has 0 radical (unpaired) electrons. The molecule has 0 saturated heterocycles. The first kappa shape index (κ1) is 13.6. The predicted molar refractivity (Wildman–Crippen MR) is 66.4 cm³/mol. The molecule has 0 heterocycles. The normalized spacial score (nSPS) is 12.2. The lowest BCUT2D eigenvalue weighted by atomic mass is 10.1. The molecule has 0 aliphatic carbocycles. The van der Waals surface area contributed by atoms with Crippen molar-refractivity contribution in [3.05, 3.63) is 35.1 Å². The summed E-state index contributed by atoms with van der Waals surface area (Å²) in [6.45, 7) is 4.28. The summed E-state index contributed by atoms with van der Waals surface area (Å²) in [7, 11) is 0. The number of aryl methyl sites for hydroxylation is 1. The SMILES string of the molecule is CCC(N)CCNC(=O)c1cc(C)cc(F)c1. The summed E-state index contributed by atoms with van der Waals surface area (Å²) in [5.41, 5.74) is 6.83. The minimum absolute atomic E-state index is 0.101. The number of amides is 1. The fraction of sp³-hybridized carbons (Fsp3) is 0.462. The maximum absolute atomic E-state index is 13.1. The maximum Gasteiger partial charge on any atom is 0.251 e. The molecule has 1 amide bonds. The number of benzene rings is 1. The molecule has 1 unspecified atom stereocenters. The first-order chi connectivity index (χ1) is 8.02. The van der Waals surface area contributed by atoms with Crippen LogP contribution in [0.4, 0.5) is 4.39 Å². The molecule has 1 rings (SSSR count). The van der Waals surface area contributed by atoms with Crippen molar-refractivity contribution in [3.63, 3.8) is 0 Å². The standard InChI is InChI=1S/C13H19FN2O/c1-3-12(15)4-5-16-13(17)10-6-9(2)7-11(14)8-10/h6-8,12H,3-5,15H2,1-2H3,(H,16,17). The lowest BCUT2D eigenvalue weighted by molar-refractivity contribution is 0.0952. The lowest BCUT2D eigenvalue weighted by Gasteiger charge is -2.10. The highest BCUT2D eigenvalue weighted by atomic mass is 19.1. The predicted octanol–water partition coefficient (Wildman–Crippen LogP) is 1.99. The molecule has 1 atom stereocenters. The van der Waals surface area contributed by atoms with E-state index in [1.54, 1.807) is 13.0 Å². The molecule has 3 nitrogen and oxygen atoms in total. The smallest absolute Gasteiger partial charge is 0.251 e. The van der Waals surface area contributed by atoms with Gasteiger partial charge in [0.15, 0.2) is 0 Å². The molecule has 0 aliphatic rings. The van der Waals surface area contributed by atoms with Crippen molar-refractivity contribution < 1.29 is 9.18 Å². The molecule has 1 aromatic rings. The summed E-state index contributed by atoms with van der Waals surface area (Å²) in [5, 5.41) is 2.73. The van der Waals surface area contributed by atoms with Gasteiger partial charge in [0.05, 0.1) is 0 Å². The van der Waals surface area contributed by atoms with E-state index in [0.29, 0.717) is 12.1 Å². The van der Waals surface area contributed by atoms with E-state index >= 15 is 0 Å². The van der Waals surface area contributed by atoms with Crippen LogP contribution in [0.25, 0.3) is 0 Å². The monoisotopic (exact) mass is 238 g/mol. The van der Waals surface area contributed by atoms with Crippen molar-refractivity contribution in [2.45, 2.75) is 32.7 Å².